The predicted octanol–water partition coefficient (Wildman–Crippen LogP) is 0.459. The van der Waals surface area contributed by atoms with Gasteiger partial charge in [0, 0.05) is 38.8 Å². The molecule has 1 heterocycles. The van der Waals surface area contributed by atoms with Gasteiger partial charge < -0.3 is 14.9 Å². The Morgan fingerprint density at radius 3 is 2.37 bits per heavy atom. The number of carbonyl (C=O) groups is 2. The molecule has 2 aliphatic rings. The van der Waals surface area contributed by atoms with Gasteiger partial charge in [0.25, 0.3) is 0 Å². The molecule has 0 aromatic carbocycles. The molecule has 0 aromatic heterocycles. The summed E-state index contributed by atoms with van der Waals surface area (Å²) in [6.45, 7) is 6.82. The van der Waals surface area contributed by atoms with Gasteiger partial charge in [-0.2, -0.15) is 0 Å². The van der Waals surface area contributed by atoms with Gasteiger partial charge in [-0.05, 0) is 12.8 Å². The van der Waals surface area contributed by atoms with Crippen molar-refractivity contribution in [1.82, 2.24) is 14.7 Å². The molecule has 2 rings (SSSR count). The van der Waals surface area contributed by atoms with Crippen LogP contribution in [-0.2, 0) is 4.79 Å². The fourth-order valence-electron chi connectivity index (χ4n) is 2.38. The Labute approximate surface area is 113 Å². The third kappa shape index (κ3) is 3.70. The summed E-state index contributed by atoms with van der Waals surface area (Å²) in [6, 6.07) is 0.444. The summed E-state index contributed by atoms with van der Waals surface area (Å²) in [5, 5.41) is 8.74. The summed E-state index contributed by atoms with van der Waals surface area (Å²) in [5.74, 6) is -0.814. The van der Waals surface area contributed by atoms with Crippen molar-refractivity contribution < 1.29 is 14.7 Å². The number of hydrogen-bond donors (Lipinski definition) is 1. The van der Waals surface area contributed by atoms with Crippen molar-refractivity contribution in [1.29, 1.82) is 0 Å². The first-order chi connectivity index (χ1) is 9.11. The Morgan fingerprint density at radius 1 is 1.26 bits per heavy atom. The molecule has 1 saturated carbocycles. The van der Waals surface area contributed by atoms with E-state index in [9.17, 15) is 9.59 Å². The Hall–Kier alpha value is -1.56. The maximum Gasteiger partial charge on any atom is 0.320 e. The quantitative estimate of drug-likeness (QED) is 0.735. The van der Waals surface area contributed by atoms with Gasteiger partial charge in [-0.15, -0.1) is 6.58 Å². The van der Waals surface area contributed by atoms with Crippen LogP contribution in [0.5, 0.6) is 0 Å². The van der Waals surface area contributed by atoms with Crippen LogP contribution in [0.3, 0.4) is 0 Å². The smallest absolute Gasteiger partial charge is 0.320 e. The molecule has 0 aromatic rings. The van der Waals surface area contributed by atoms with E-state index >= 15 is 0 Å². The van der Waals surface area contributed by atoms with Crippen LogP contribution in [0.15, 0.2) is 12.7 Å². The molecule has 1 N–H and O–H groups in total. The molecule has 1 aliphatic heterocycles. The highest BCUT2D eigenvalue weighted by molar-refractivity contribution is 5.75. The maximum atomic E-state index is 12.4. The molecule has 0 radical (unpaired) electrons. The van der Waals surface area contributed by atoms with Gasteiger partial charge >= 0.3 is 12.0 Å². The second-order valence-corrected chi connectivity index (χ2v) is 5.11. The van der Waals surface area contributed by atoms with Crippen LogP contribution in [0.1, 0.15) is 12.8 Å². The van der Waals surface area contributed by atoms with Crippen LogP contribution in [0, 0.1) is 0 Å². The summed E-state index contributed by atoms with van der Waals surface area (Å²) in [5.41, 5.74) is 0. The summed E-state index contributed by atoms with van der Waals surface area (Å²) < 4.78 is 0. The van der Waals surface area contributed by atoms with E-state index in [4.69, 9.17) is 5.11 Å². The van der Waals surface area contributed by atoms with Crippen molar-refractivity contribution in [3.8, 4) is 0 Å². The highest BCUT2D eigenvalue weighted by atomic mass is 16.4. The van der Waals surface area contributed by atoms with E-state index in [1.165, 1.54) is 0 Å². The van der Waals surface area contributed by atoms with Crippen molar-refractivity contribution in [3.63, 3.8) is 0 Å². The molecule has 0 bridgehead atoms. The normalized spacial score (nSPS) is 20.1. The van der Waals surface area contributed by atoms with Crippen molar-refractivity contribution in [2.45, 2.75) is 18.9 Å². The molecule has 106 valence electrons. The van der Waals surface area contributed by atoms with Gasteiger partial charge in [0.15, 0.2) is 0 Å². The monoisotopic (exact) mass is 267 g/mol. The number of amides is 2. The number of carbonyl (C=O) groups excluding carboxylic acids is 1. The lowest BCUT2D eigenvalue weighted by molar-refractivity contribution is -0.138. The fourth-order valence-corrected chi connectivity index (χ4v) is 2.38. The molecule has 1 aliphatic carbocycles. The minimum atomic E-state index is -0.814. The summed E-state index contributed by atoms with van der Waals surface area (Å²) in [4.78, 5) is 28.6. The zero-order valence-electron chi connectivity index (χ0n) is 11.1. The number of rotatable bonds is 5. The van der Waals surface area contributed by atoms with E-state index in [0.29, 0.717) is 38.8 Å². The zero-order chi connectivity index (χ0) is 13.8. The van der Waals surface area contributed by atoms with Gasteiger partial charge in [-0.1, -0.05) is 6.08 Å². The summed E-state index contributed by atoms with van der Waals surface area (Å²) in [7, 11) is 0. The van der Waals surface area contributed by atoms with E-state index < -0.39 is 5.97 Å². The van der Waals surface area contributed by atoms with E-state index in [0.717, 1.165) is 12.8 Å². The third-order valence-corrected chi connectivity index (χ3v) is 3.56. The fraction of sp³-hybridized carbons (Fsp3) is 0.692. The van der Waals surface area contributed by atoms with Gasteiger partial charge in [-0.25, -0.2) is 4.79 Å². The molecule has 2 fully saturated rings. The average molecular weight is 267 g/mol. The van der Waals surface area contributed by atoms with E-state index in [1.807, 2.05) is 14.7 Å². The lowest BCUT2D eigenvalue weighted by Gasteiger charge is -2.36. The Bertz CT molecular complexity index is 360. The Kier molecular flexibility index (Phi) is 4.42. The minimum absolute atomic E-state index is 0.0566. The Morgan fingerprint density at radius 2 is 1.89 bits per heavy atom. The lowest BCUT2D eigenvalue weighted by atomic mass is 10.3. The number of nitrogens with zero attached hydrogens (tertiary/aromatic N) is 3. The first kappa shape index (κ1) is 13.9. The molecule has 1 saturated heterocycles. The maximum absolute atomic E-state index is 12.4. The lowest BCUT2D eigenvalue weighted by Crippen LogP contribution is -2.54. The van der Waals surface area contributed by atoms with Crippen molar-refractivity contribution >= 4 is 12.0 Å². The van der Waals surface area contributed by atoms with Crippen LogP contribution in [0.25, 0.3) is 0 Å². The van der Waals surface area contributed by atoms with Gasteiger partial charge in [0.05, 0.1) is 6.54 Å². The second kappa shape index (κ2) is 6.06. The first-order valence-electron chi connectivity index (χ1n) is 6.72. The van der Waals surface area contributed by atoms with Gasteiger partial charge in [0.2, 0.25) is 0 Å². The van der Waals surface area contributed by atoms with Crippen LogP contribution >= 0.6 is 0 Å². The van der Waals surface area contributed by atoms with Crippen molar-refractivity contribution in [3.05, 3.63) is 12.7 Å². The van der Waals surface area contributed by atoms with Gasteiger partial charge in [0.1, 0.15) is 0 Å². The number of urea groups is 1. The van der Waals surface area contributed by atoms with E-state index in [-0.39, 0.29) is 12.6 Å². The molecule has 0 unspecified atom stereocenters. The van der Waals surface area contributed by atoms with Crippen LogP contribution in [0.4, 0.5) is 4.79 Å². The molecule has 2 amide bonds. The predicted molar refractivity (Wildman–Crippen MR) is 71.0 cm³/mol. The van der Waals surface area contributed by atoms with Crippen LogP contribution in [-0.4, -0.2) is 77.1 Å². The molecule has 6 nitrogen and oxygen atoms in total. The summed E-state index contributed by atoms with van der Waals surface area (Å²) in [6.07, 6.45) is 3.92. The number of hydrogen-bond acceptors (Lipinski definition) is 3. The molecule has 0 spiro atoms. The number of piperazine rings is 1. The largest absolute Gasteiger partial charge is 0.480 e. The van der Waals surface area contributed by atoms with E-state index in [1.54, 1.807) is 6.08 Å². The second-order valence-electron chi connectivity index (χ2n) is 5.11. The number of carboxylic acid groups (broad SMARTS) is 1. The highest BCUT2D eigenvalue weighted by Crippen LogP contribution is 2.27. The van der Waals surface area contributed by atoms with E-state index in [2.05, 4.69) is 6.58 Å². The molecular formula is C13H21N3O3. The topological polar surface area (TPSA) is 64.1 Å². The molecule has 19 heavy (non-hydrogen) atoms. The van der Waals surface area contributed by atoms with Crippen LogP contribution in [0.2, 0.25) is 0 Å². The SMILES string of the molecule is C=CCN(C(=O)N1CCN(CC(=O)O)CC1)C1CC1. The average Bonchev–Trinajstić information content (AvgIpc) is 3.19. The Balaban J connectivity index is 1.84. The number of carboxylic acids is 1. The zero-order valence-corrected chi connectivity index (χ0v) is 11.1. The number of aliphatic carboxylic acids is 1. The third-order valence-electron chi connectivity index (χ3n) is 3.56. The molecule has 6 heteroatoms. The van der Waals surface area contributed by atoms with Crippen LogP contribution < -0.4 is 0 Å². The van der Waals surface area contributed by atoms with Gasteiger partial charge in [-0.3, -0.25) is 9.69 Å². The molecular weight excluding hydrogens is 246 g/mol. The standard InChI is InChI=1S/C13H21N3O3/c1-2-5-16(11-3-4-11)13(19)15-8-6-14(7-9-15)10-12(17)18/h2,11H,1,3-10H2,(H,17,18). The summed E-state index contributed by atoms with van der Waals surface area (Å²) >= 11 is 0. The molecule has 0 atom stereocenters. The first-order valence-corrected chi connectivity index (χ1v) is 6.72. The minimum Gasteiger partial charge on any atom is -0.480 e. The highest BCUT2D eigenvalue weighted by Gasteiger charge is 2.35. The van der Waals surface area contributed by atoms with Crippen molar-refractivity contribution in [2.24, 2.45) is 0 Å². The van der Waals surface area contributed by atoms with Crippen molar-refractivity contribution in [2.75, 3.05) is 39.3 Å².